The van der Waals surface area contributed by atoms with E-state index in [-0.39, 0.29) is 35.5 Å². The summed E-state index contributed by atoms with van der Waals surface area (Å²) < 4.78 is 41.1. The Hall–Kier alpha value is -2.98. The highest BCUT2D eigenvalue weighted by atomic mass is 32.2. The summed E-state index contributed by atoms with van der Waals surface area (Å²) in [6.07, 6.45) is 0.0307. The van der Waals surface area contributed by atoms with Gasteiger partial charge in [0.15, 0.2) is 0 Å². The van der Waals surface area contributed by atoms with E-state index in [2.05, 4.69) is 10.0 Å². The molecule has 3 rings (SSSR count). The zero-order chi connectivity index (χ0) is 22.4. The third-order valence-corrected chi connectivity index (χ3v) is 6.42. The van der Waals surface area contributed by atoms with Gasteiger partial charge in [-0.25, -0.2) is 17.5 Å². The summed E-state index contributed by atoms with van der Waals surface area (Å²) in [6.45, 7) is 3.26. The van der Waals surface area contributed by atoms with Gasteiger partial charge in [0.2, 0.25) is 21.8 Å². The second-order valence-electron chi connectivity index (χ2n) is 7.17. The van der Waals surface area contributed by atoms with Crippen molar-refractivity contribution in [2.24, 2.45) is 0 Å². The first kappa shape index (κ1) is 22.7. The normalized spacial score (nSPS) is 14.4. The Kier molecular flexibility index (Phi) is 7.24. The van der Waals surface area contributed by atoms with E-state index in [1.165, 1.54) is 37.3 Å². The van der Waals surface area contributed by atoms with Crippen LogP contribution in [0.15, 0.2) is 53.4 Å². The summed E-state index contributed by atoms with van der Waals surface area (Å²) in [5.41, 5.74) is 1.02. The van der Waals surface area contributed by atoms with E-state index >= 15 is 0 Å². The van der Waals surface area contributed by atoms with Crippen LogP contribution in [0.25, 0.3) is 0 Å². The molecule has 0 aromatic heterocycles. The lowest BCUT2D eigenvalue weighted by Crippen LogP contribution is -2.49. The summed E-state index contributed by atoms with van der Waals surface area (Å²) in [5, 5.41) is 2.57. The quantitative estimate of drug-likeness (QED) is 0.673. The summed E-state index contributed by atoms with van der Waals surface area (Å²) in [6, 6.07) is 12.3. The molecule has 1 heterocycles. The maximum absolute atomic E-state index is 13.9. The molecule has 2 N–H and O–H groups in total. The van der Waals surface area contributed by atoms with Crippen LogP contribution in [0.5, 0.6) is 0 Å². The van der Waals surface area contributed by atoms with Crippen LogP contribution in [0.1, 0.15) is 13.3 Å². The van der Waals surface area contributed by atoms with Gasteiger partial charge in [0.25, 0.3) is 0 Å². The highest BCUT2D eigenvalue weighted by Gasteiger charge is 2.23. The smallest absolute Gasteiger partial charge is 0.240 e. The van der Waals surface area contributed by atoms with E-state index in [4.69, 9.17) is 0 Å². The lowest BCUT2D eigenvalue weighted by Gasteiger charge is -2.36. The number of halogens is 1. The van der Waals surface area contributed by atoms with E-state index in [1.807, 2.05) is 4.90 Å². The first-order valence-electron chi connectivity index (χ1n) is 9.91. The molecule has 0 saturated carbocycles. The monoisotopic (exact) mass is 448 g/mol. The largest absolute Gasteiger partial charge is 0.366 e. The first-order chi connectivity index (χ1) is 14.8. The fourth-order valence-electron chi connectivity index (χ4n) is 3.36. The lowest BCUT2D eigenvalue weighted by atomic mass is 10.2. The number of para-hydroxylation sites is 1. The number of carbonyl (C=O) groups is 2. The molecule has 0 atom stereocenters. The Morgan fingerprint density at radius 3 is 2.26 bits per heavy atom. The number of hydrogen-bond donors (Lipinski definition) is 2. The third kappa shape index (κ3) is 6.02. The van der Waals surface area contributed by atoms with Crippen LogP contribution < -0.4 is 14.9 Å². The molecule has 1 aliphatic heterocycles. The average molecular weight is 449 g/mol. The van der Waals surface area contributed by atoms with Crippen molar-refractivity contribution in [3.63, 3.8) is 0 Å². The molecule has 1 fully saturated rings. The molecule has 2 aromatic carbocycles. The molecule has 0 radical (unpaired) electrons. The van der Waals surface area contributed by atoms with Gasteiger partial charge in [-0.05, 0) is 36.4 Å². The minimum absolute atomic E-state index is 0.0257. The van der Waals surface area contributed by atoms with Crippen molar-refractivity contribution in [2.45, 2.75) is 18.2 Å². The maximum atomic E-state index is 13.9. The number of carbonyl (C=O) groups excluding carboxylic acids is 2. The minimum atomic E-state index is -3.76. The predicted molar refractivity (Wildman–Crippen MR) is 116 cm³/mol. The molecule has 0 bridgehead atoms. The van der Waals surface area contributed by atoms with Crippen molar-refractivity contribution in [1.82, 2.24) is 9.62 Å². The number of anilines is 2. The Labute approximate surface area is 181 Å². The average Bonchev–Trinajstić information content (AvgIpc) is 2.74. The molecule has 0 aliphatic carbocycles. The fourth-order valence-corrected chi connectivity index (χ4v) is 4.39. The molecular formula is C21H25FN4O4S. The summed E-state index contributed by atoms with van der Waals surface area (Å²) in [7, 11) is -3.76. The number of piperazine rings is 1. The number of sulfonamides is 1. The number of amides is 2. The van der Waals surface area contributed by atoms with Crippen LogP contribution in [0, 0.1) is 5.82 Å². The molecule has 2 amide bonds. The van der Waals surface area contributed by atoms with Crippen molar-refractivity contribution < 1.29 is 22.4 Å². The third-order valence-electron chi connectivity index (χ3n) is 4.94. The number of nitrogens with one attached hydrogen (secondary N) is 2. The Bertz CT molecular complexity index is 1040. The van der Waals surface area contributed by atoms with Gasteiger partial charge in [-0.3, -0.25) is 9.59 Å². The number of benzene rings is 2. The van der Waals surface area contributed by atoms with Crippen molar-refractivity contribution >= 4 is 33.2 Å². The van der Waals surface area contributed by atoms with Gasteiger partial charge in [-0.15, -0.1) is 0 Å². The van der Waals surface area contributed by atoms with Gasteiger partial charge in [-0.1, -0.05) is 12.1 Å². The number of hydrogen-bond acceptors (Lipinski definition) is 5. The van der Waals surface area contributed by atoms with Crippen LogP contribution in [0.3, 0.4) is 0 Å². The minimum Gasteiger partial charge on any atom is -0.366 e. The zero-order valence-corrected chi connectivity index (χ0v) is 18.0. The SMILES string of the molecule is CC(=O)Nc1ccc(S(=O)(=O)NCCC(=O)N2CCN(c3ccccc3F)CC2)cc1. The second kappa shape index (κ2) is 9.88. The lowest BCUT2D eigenvalue weighted by molar-refractivity contribution is -0.131. The van der Waals surface area contributed by atoms with Gasteiger partial charge in [0, 0.05) is 51.8 Å². The van der Waals surface area contributed by atoms with Crippen LogP contribution in [-0.2, 0) is 19.6 Å². The predicted octanol–water partition coefficient (Wildman–Crippen LogP) is 1.80. The molecule has 0 spiro atoms. The maximum Gasteiger partial charge on any atom is 0.240 e. The topological polar surface area (TPSA) is 98.8 Å². The molecule has 1 saturated heterocycles. The second-order valence-corrected chi connectivity index (χ2v) is 8.94. The van der Waals surface area contributed by atoms with Crippen molar-refractivity contribution in [2.75, 3.05) is 42.9 Å². The molecule has 8 nitrogen and oxygen atoms in total. The highest BCUT2D eigenvalue weighted by Crippen LogP contribution is 2.20. The zero-order valence-electron chi connectivity index (χ0n) is 17.2. The molecule has 10 heteroatoms. The van der Waals surface area contributed by atoms with Gasteiger partial charge >= 0.3 is 0 Å². The van der Waals surface area contributed by atoms with Gasteiger partial charge in [0.05, 0.1) is 10.6 Å². The van der Waals surface area contributed by atoms with Crippen molar-refractivity contribution in [1.29, 1.82) is 0 Å². The molecule has 1 aliphatic rings. The van der Waals surface area contributed by atoms with E-state index in [0.29, 0.717) is 37.6 Å². The van der Waals surface area contributed by atoms with Crippen LogP contribution >= 0.6 is 0 Å². The Balaban J connectivity index is 1.46. The van der Waals surface area contributed by atoms with Crippen LogP contribution in [-0.4, -0.2) is 57.9 Å². The first-order valence-corrected chi connectivity index (χ1v) is 11.4. The molecule has 31 heavy (non-hydrogen) atoms. The van der Waals surface area contributed by atoms with Gasteiger partial charge in [-0.2, -0.15) is 0 Å². The van der Waals surface area contributed by atoms with E-state index in [9.17, 15) is 22.4 Å². The fraction of sp³-hybridized carbons (Fsp3) is 0.333. The molecule has 0 unspecified atom stereocenters. The van der Waals surface area contributed by atoms with Crippen molar-refractivity contribution in [3.8, 4) is 0 Å². The van der Waals surface area contributed by atoms with Crippen LogP contribution in [0.2, 0.25) is 0 Å². The van der Waals surface area contributed by atoms with Gasteiger partial charge in [0.1, 0.15) is 5.82 Å². The highest BCUT2D eigenvalue weighted by molar-refractivity contribution is 7.89. The Morgan fingerprint density at radius 2 is 1.65 bits per heavy atom. The van der Waals surface area contributed by atoms with Crippen molar-refractivity contribution in [3.05, 3.63) is 54.3 Å². The summed E-state index contributed by atoms with van der Waals surface area (Å²) in [4.78, 5) is 27.1. The van der Waals surface area contributed by atoms with Crippen LogP contribution in [0.4, 0.5) is 15.8 Å². The van der Waals surface area contributed by atoms with E-state index < -0.39 is 10.0 Å². The molecular weight excluding hydrogens is 423 g/mol. The van der Waals surface area contributed by atoms with E-state index in [0.717, 1.165) is 0 Å². The molecule has 2 aromatic rings. The Morgan fingerprint density at radius 1 is 1.00 bits per heavy atom. The number of nitrogens with zero attached hydrogens (tertiary/aromatic N) is 2. The van der Waals surface area contributed by atoms with Gasteiger partial charge < -0.3 is 15.1 Å². The standard InChI is InChI=1S/C21H25FN4O4S/c1-16(27)24-17-6-8-18(9-7-17)31(29,30)23-11-10-21(28)26-14-12-25(13-15-26)20-5-3-2-4-19(20)22/h2-9,23H,10-15H2,1H3,(H,24,27). The van der Waals surface area contributed by atoms with E-state index in [1.54, 1.807) is 23.1 Å². The molecule has 166 valence electrons. The number of rotatable bonds is 7. The summed E-state index contributed by atoms with van der Waals surface area (Å²) in [5.74, 6) is -0.694. The summed E-state index contributed by atoms with van der Waals surface area (Å²) >= 11 is 0.